The number of rotatable bonds is 9. The van der Waals surface area contributed by atoms with Gasteiger partial charge >= 0.3 is 0 Å². The number of nitrogens with one attached hydrogen (secondary N) is 1. The molecule has 8 nitrogen and oxygen atoms in total. The van der Waals surface area contributed by atoms with Crippen LogP contribution in [0.4, 0.5) is 11.4 Å². The Hall–Kier alpha value is -3.26. The second-order valence-electron chi connectivity index (χ2n) is 7.56. The van der Waals surface area contributed by atoms with Crippen LogP contribution in [-0.2, 0) is 16.0 Å². The van der Waals surface area contributed by atoms with E-state index in [2.05, 4.69) is 5.32 Å². The highest BCUT2D eigenvalue weighted by molar-refractivity contribution is 5.99. The number of benzene rings is 2. The molecule has 166 valence electrons. The fourth-order valence-electron chi connectivity index (χ4n) is 3.34. The molecule has 3 rings (SSSR count). The molecule has 0 saturated heterocycles. The Balaban J connectivity index is 1.65. The maximum Gasteiger partial charge on any atom is 0.265 e. The van der Waals surface area contributed by atoms with E-state index in [1.165, 1.54) is 0 Å². The van der Waals surface area contributed by atoms with Crippen LogP contribution in [0.1, 0.15) is 12.0 Å². The summed E-state index contributed by atoms with van der Waals surface area (Å²) in [6.45, 7) is 1.31. The predicted molar refractivity (Wildman–Crippen MR) is 119 cm³/mol. The molecule has 0 atom stereocenters. The minimum absolute atomic E-state index is 0.0253. The molecule has 2 aromatic rings. The highest BCUT2D eigenvalue weighted by Crippen LogP contribution is 2.34. The van der Waals surface area contributed by atoms with Crippen LogP contribution in [-0.4, -0.2) is 64.7 Å². The SMILES string of the molecule is COc1ccc(CCC(=O)Nc2ccc3c(c2)N(CCN(C)C)C(=O)CO3)cc1OC. The average Bonchev–Trinajstić information content (AvgIpc) is 2.76. The number of carbonyl (C=O) groups is 2. The van der Waals surface area contributed by atoms with Gasteiger partial charge in [-0.15, -0.1) is 0 Å². The van der Waals surface area contributed by atoms with Gasteiger partial charge in [0.15, 0.2) is 18.1 Å². The van der Waals surface area contributed by atoms with E-state index >= 15 is 0 Å². The van der Waals surface area contributed by atoms with Crippen molar-refractivity contribution in [3.63, 3.8) is 0 Å². The van der Waals surface area contributed by atoms with Crippen LogP contribution in [0.25, 0.3) is 0 Å². The van der Waals surface area contributed by atoms with Gasteiger partial charge in [-0.05, 0) is 56.4 Å². The second-order valence-corrected chi connectivity index (χ2v) is 7.56. The minimum Gasteiger partial charge on any atom is -0.493 e. The van der Waals surface area contributed by atoms with E-state index in [0.717, 1.165) is 12.1 Å². The largest absolute Gasteiger partial charge is 0.493 e. The lowest BCUT2D eigenvalue weighted by atomic mass is 10.1. The minimum atomic E-state index is -0.113. The van der Waals surface area contributed by atoms with Crippen molar-refractivity contribution in [1.29, 1.82) is 0 Å². The Kier molecular flexibility index (Phi) is 7.36. The zero-order valence-electron chi connectivity index (χ0n) is 18.4. The number of hydrogen-bond donors (Lipinski definition) is 1. The highest BCUT2D eigenvalue weighted by atomic mass is 16.5. The number of fused-ring (bicyclic) bond motifs is 1. The Bertz CT molecular complexity index is 945. The van der Waals surface area contributed by atoms with Crippen molar-refractivity contribution in [2.24, 2.45) is 0 Å². The number of aryl methyl sites for hydroxylation is 1. The van der Waals surface area contributed by atoms with Gasteiger partial charge in [0.1, 0.15) is 5.75 Å². The molecule has 1 heterocycles. The molecule has 2 amide bonds. The van der Waals surface area contributed by atoms with Crippen molar-refractivity contribution in [2.75, 3.05) is 58.2 Å². The molecule has 2 aromatic carbocycles. The first-order valence-corrected chi connectivity index (χ1v) is 10.1. The molecule has 0 fully saturated rings. The first kappa shape index (κ1) is 22.4. The van der Waals surface area contributed by atoms with Crippen LogP contribution in [0.5, 0.6) is 17.2 Å². The lowest BCUT2D eigenvalue weighted by Gasteiger charge is -2.30. The van der Waals surface area contributed by atoms with E-state index in [1.807, 2.05) is 37.2 Å². The molecule has 0 unspecified atom stereocenters. The zero-order valence-corrected chi connectivity index (χ0v) is 18.4. The lowest BCUT2D eigenvalue weighted by Crippen LogP contribution is -2.42. The summed E-state index contributed by atoms with van der Waals surface area (Å²) in [6, 6.07) is 11.0. The Morgan fingerprint density at radius 2 is 1.90 bits per heavy atom. The zero-order chi connectivity index (χ0) is 22.4. The van der Waals surface area contributed by atoms with Crippen molar-refractivity contribution >= 4 is 23.2 Å². The summed E-state index contributed by atoms with van der Waals surface area (Å²) in [5.74, 6) is 1.73. The molecule has 1 N–H and O–H groups in total. The normalized spacial score (nSPS) is 12.9. The number of hydrogen-bond acceptors (Lipinski definition) is 6. The molecule has 0 saturated carbocycles. The quantitative estimate of drug-likeness (QED) is 0.663. The van der Waals surface area contributed by atoms with Crippen LogP contribution in [0, 0.1) is 0 Å². The summed E-state index contributed by atoms with van der Waals surface area (Å²) in [5, 5.41) is 2.91. The van der Waals surface area contributed by atoms with Crippen LogP contribution in [0.15, 0.2) is 36.4 Å². The Labute approximate surface area is 182 Å². The summed E-state index contributed by atoms with van der Waals surface area (Å²) in [5.41, 5.74) is 2.28. The topological polar surface area (TPSA) is 80.3 Å². The second kappa shape index (κ2) is 10.2. The van der Waals surface area contributed by atoms with Gasteiger partial charge in [0.25, 0.3) is 5.91 Å². The van der Waals surface area contributed by atoms with Gasteiger partial charge in [-0.25, -0.2) is 0 Å². The maximum atomic E-state index is 12.5. The molecule has 0 aliphatic carbocycles. The molecular formula is C23H29N3O5. The number of carbonyl (C=O) groups excluding carboxylic acids is 2. The third-order valence-corrected chi connectivity index (χ3v) is 5.05. The third-order valence-electron chi connectivity index (χ3n) is 5.05. The van der Waals surface area contributed by atoms with E-state index in [0.29, 0.717) is 48.0 Å². The van der Waals surface area contributed by atoms with E-state index in [9.17, 15) is 9.59 Å². The van der Waals surface area contributed by atoms with Crippen molar-refractivity contribution in [3.8, 4) is 17.2 Å². The number of ether oxygens (including phenoxy) is 3. The summed E-state index contributed by atoms with van der Waals surface area (Å²) in [6.07, 6.45) is 0.875. The summed E-state index contributed by atoms with van der Waals surface area (Å²) in [4.78, 5) is 28.6. The van der Waals surface area contributed by atoms with Crippen LogP contribution >= 0.6 is 0 Å². The van der Waals surface area contributed by atoms with Gasteiger partial charge in [0.05, 0.1) is 19.9 Å². The number of anilines is 2. The summed E-state index contributed by atoms with van der Waals surface area (Å²) < 4.78 is 16.1. The van der Waals surface area contributed by atoms with Gasteiger partial charge in [-0.2, -0.15) is 0 Å². The summed E-state index contributed by atoms with van der Waals surface area (Å²) >= 11 is 0. The van der Waals surface area contributed by atoms with Crippen LogP contribution in [0.3, 0.4) is 0 Å². The van der Waals surface area contributed by atoms with Crippen molar-refractivity contribution in [1.82, 2.24) is 4.90 Å². The smallest absolute Gasteiger partial charge is 0.265 e. The third kappa shape index (κ3) is 5.67. The highest BCUT2D eigenvalue weighted by Gasteiger charge is 2.25. The lowest BCUT2D eigenvalue weighted by molar-refractivity contribution is -0.121. The first-order valence-electron chi connectivity index (χ1n) is 10.1. The number of methoxy groups -OCH3 is 2. The van der Waals surface area contributed by atoms with E-state index < -0.39 is 0 Å². The van der Waals surface area contributed by atoms with E-state index in [-0.39, 0.29) is 18.4 Å². The van der Waals surface area contributed by atoms with Gasteiger partial charge in [0, 0.05) is 25.2 Å². The van der Waals surface area contributed by atoms with E-state index in [4.69, 9.17) is 14.2 Å². The molecule has 0 spiro atoms. The number of likely N-dealkylation sites (N-methyl/N-ethyl adjacent to an activating group) is 1. The number of amides is 2. The van der Waals surface area contributed by atoms with Gasteiger partial charge in [-0.3, -0.25) is 9.59 Å². The standard InChI is InChI=1S/C23H29N3O5/c1-25(2)11-12-26-18-14-17(7-9-19(18)31-15-23(26)28)24-22(27)10-6-16-5-8-20(29-3)21(13-16)30-4/h5,7-9,13-14H,6,10-12,15H2,1-4H3,(H,24,27). The van der Waals surface area contributed by atoms with Crippen molar-refractivity contribution in [2.45, 2.75) is 12.8 Å². The van der Waals surface area contributed by atoms with Crippen molar-refractivity contribution in [3.05, 3.63) is 42.0 Å². The van der Waals surface area contributed by atoms with Gasteiger partial charge in [-0.1, -0.05) is 6.07 Å². The van der Waals surface area contributed by atoms with Crippen molar-refractivity contribution < 1.29 is 23.8 Å². The number of nitrogens with zero attached hydrogens (tertiary/aromatic N) is 2. The fourth-order valence-corrected chi connectivity index (χ4v) is 3.34. The molecular weight excluding hydrogens is 398 g/mol. The first-order chi connectivity index (χ1) is 14.9. The predicted octanol–water partition coefficient (Wildman–Crippen LogP) is 2.56. The molecule has 8 heteroatoms. The molecule has 1 aliphatic rings. The van der Waals surface area contributed by atoms with Crippen LogP contribution in [0.2, 0.25) is 0 Å². The molecule has 31 heavy (non-hydrogen) atoms. The monoisotopic (exact) mass is 427 g/mol. The van der Waals surface area contributed by atoms with Gasteiger partial charge < -0.3 is 29.3 Å². The molecule has 0 aromatic heterocycles. The molecule has 0 radical (unpaired) electrons. The Morgan fingerprint density at radius 3 is 2.61 bits per heavy atom. The fraction of sp³-hybridized carbons (Fsp3) is 0.391. The molecule has 1 aliphatic heterocycles. The van der Waals surface area contributed by atoms with Crippen LogP contribution < -0.4 is 24.4 Å². The average molecular weight is 428 g/mol. The molecule has 0 bridgehead atoms. The Morgan fingerprint density at radius 1 is 1.13 bits per heavy atom. The van der Waals surface area contributed by atoms with E-state index in [1.54, 1.807) is 37.3 Å². The maximum absolute atomic E-state index is 12.5. The van der Waals surface area contributed by atoms with Gasteiger partial charge in [0.2, 0.25) is 5.91 Å². The summed E-state index contributed by atoms with van der Waals surface area (Å²) in [7, 11) is 7.09.